The number of sulfone groups is 1. The molecule has 3 rings (SSSR count). The van der Waals surface area contributed by atoms with Gasteiger partial charge in [0, 0.05) is 30.4 Å². The number of halogens is 1. The molecule has 1 aromatic rings. The molecule has 1 saturated carbocycles. The number of benzene rings is 1. The standard InChI is InChI=1S/C18H25ClN2O3S/c1-13(18(8-9-18)25(2,23)24)20-17(22)21-10-6-14(7-11-21)15-4-3-5-16(19)12-15/h3-5,12-14H,6-11H2,1-2H3,(H,20,22). The first-order chi connectivity index (χ1) is 11.7. The zero-order valence-corrected chi connectivity index (χ0v) is 16.2. The Morgan fingerprint density at radius 1 is 1.32 bits per heavy atom. The Morgan fingerprint density at radius 2 is 1.96 bits per heavy atom. The molecule has 2 aliphatic rings. The molecule has 0 aromatic heterocycles. The summed E-state index contributed by atoms with van der Waals surface area (Å²) in [6.07, 6.45) is 4.30. The Bertz CT molecular complexity index is 753. The van der Waals surface area contributed by atoms with Gasteiger partial charge in [-0.15, -0.1) is 0 Å². The van der Waals surface area contributed by atoms with Crippen molar-refractivity contribution in [1.82, 2.24) is 10.2 Å². The molecule has 0 radical (unpaired) electrons. The topological polar surface area (TPSA) is 66.5 Å². The van der Waals surface area contributed by atoms with Gasteiger partial charge in [0.15, 0.2) is 9.84 Å². The SMILES string of the molecule is CC(NC(=O)N1CCC(c2cccc(Cl)c2)CC1)C1(S(C)(=O)=O)CC1. The van der Waals surface area contributed by atoms with Gasteiger partial charge in [-0.05, 0) is 56.2 Å². The van der Waals surface area contributed by atoms with Crippen LogP contribution < -0.4 is 5.32 Å². The van der Waals surface area contributed by atoms with Gasteiger partial charge in [-0.25, -0.2) is 13.2 Å². The van der Waals surface area contributed by atoms with E-state index >= 15 is 0 Å². The van der Waals surface area contributed by atoms with Gasteiger partial charge in [0.25, 0.3) is 0 Å². The number of piperidine rings is 1. The predicted molar refractivity (Wildman–Crippen MR) is 99.8 cm³/mol. The molecule has 25 heavy (non-hydrogen) atoms. The van der Waals surface area contributed by atoms with E-state index in [0.29, 0.717) is 31.8 Å². The van der Waals surface area contributed by atoms with E-state index in [1.54, 1.807) is 11.8 Å². The number of nitrogens with one attached hydrogen (secondary N) is 1. The van der Waals surface area contributed by atoms with Crippen LogP contribution in [0.2, 0.25) is 5.02 Å². The highest BCUT2D eigenvalue weighted by Crippen LogP contribution is 2.46. The first-order valence-corrected chi connectivity index (χ1v) is 11.0. The summed E-state index contributed by atoms with van der Waals surface area (Å²) < 4.78 is 23.2. The first-order valence-electron chi connectivity index (χ1n) is 8.73. The molecule has 1 aliphatic heterocycles. The van der Waals surface area contributed by atoms with Crippen molar-refractivity contribution in [2.45, 2.75) is 49.3 Å². The highest BCUT2D eigenvalue weighted by Gasteiger charge is 2.56. The molecule has 2 fully saturated rings. The predicted octanol–water partition coefficient (Wildman–Crippen LogP) is 3.19. The number of hydrogen-bond acceptors (Lipinski definition) is 3. The number of urea groups is 1. The van der Waals surface area contributed by atoms with Gasteiger partial charge < -0.3 is 10.2 Å². The van der Waals surface area contributed by atoms with Crippen LogP contribution in [0.5, 0.6) is 0 Å². The number of hydrogen-bond donors (Lipinski definition) is 1. The third-order valence-corrected chi connectivity index (χ3v) is 8.19. The molecule has 1 N–H and O–H groups in total. The van der Waals surface area contributed by atoms with Crippen molar-refractivity contribution in [2.75, 3.05) is 19.3 Å². The maximum Gasteiger partial charge on any atom is 0.317 e. The quantitative estimate of drug-likeness (QED) is 0.866. The van der Waals surface area contributed by atoms with Gasteiger partial charge >= 0.3 is 6.03 Å². The third-order valence-electron chi connectivity index (χ3n) is 5.71. The van der Waals surface area contributed by atoms with Crippen LogP contribution in [-0.4, -0.2) is 49.5 Å². The van der Waals surface area contributed by atoms with Gasteiger partial charge in [-0.3, -0.25) is 0 Å². The van der Waals surface area contributed by atoms with Crippen molar-refractivity contribution in [1.29, 1.82) is 0 Å². The van der Waals surface area contributed by atoms with Crippen LogP contribution in [0.4, 0.5) is 4.79 Å². The van der Waals surface area contributed by atoms with Gasteiger partial charge in [-0.1, -0.05) is 23.7 Å². The van der Waals surface area contributed by atoms with Crippen LogP contribution in [0.1, 0.15) is 44.1 Å². The van der Waals surface area contributed by atoms with Crippen molar-refractivity contribution < 1.29 is 13.2 Å². The van der Waals surface area contributed by atoms with E-state index < -0.39 is 14.6 Å². The second-order valence-corrected chi connectivity index (χ2v) is 10.1. The van der Waals surface area contributed by atoms with E-state index in [4.69, 9.17) is 11.6 Å². The molecular weight excluding hydrogens is 360 g/mol. The summed E-state index contributed by atoms with van der Waals surface area (Å²) in [5, 5.41) is 3.65. The summed E-state index contributed by atoms with van der Waals surface area (Å²) in [5.74, 6) is 0.408. The van der Waals surface area contributed by atoms with Crippen LogP contribution in [-0.2, 0) is 9.84 Å². The summed E-state index contributed by atoms with van der Waals surface area (Å²) in [7, 11) is -3.16. The Balaban J connectivity index is 1.55. The van der Waals surface area contributed by atoms with Crippen LogP contribution in [0.25, 0.3) is 0 Å². The Morgan fingerprint density at radius 3 is 2.48 bits per heavy atom. The normalized spacial score (nSPS) is 21.6. The average molecular weight is 385 g/mol. The maximum absolute atomic E-state index is 12.5. The number of likely N-dealkylation sites (tertiary alicyclic amines) is 1. The lowest BCUT2D eigenvalue weighted by Gasteiger charge is -2.34. The average Bonchev–Trinajstić information content (AvgIpc) is 3.36. The monoisotopic (exact) mass is 384 g/mol. The van der Waals surface area contributed by atoms with E-state index in [1.807, 2.05) is 18.2 Å². The first kappa shape index (κ1) is 18.5. The van der Waals surface area contributed by atoms with Crippen LogP contribution >= 0.6 is 11.6 Å². The van der Waals surface area contributed by atoms with Crippen molar-refractivity contribution in [3.8, 4) is 0 Å². The minimum atomic E-state index is -3.16. The zero-order valence-electron chi connectivity index (χ0n) is 14.7. The van der Waals surface area contributed by atoms with E-state index in [9.17, 15) is 13.2 Å². The smallest absolute Gasteiger partial charge is 0.317 e. The van der Waals surface area contributed by atoms with Gasteiger partial charge in [0.1, 0.15) is 0 Å². The second kappa shape index (κ2) is 6.80. The summed E-state index contributed by atoms with van der Waals surface area (Å²) in [6, 6.07) is 7.38. The molecule has 7 heteroatoms. The molecule has 1 aliphatic carbocycles. The molecule has 0 bridgehead atoms. The van der Waals surface area contributed by atoms with E-state index in [2.05, 4.69) is 11.4 Å². The zero-order chi connectivity index (χ0) is 18.2. The molecular formula is C18H25ClN2O3S. The van der Waals surface area contributed by atoms with Crippen molar-refractivity contribution in [2.24, 2.45) is 0 Å². The summed E-state index contributed by atoms with van der Waals surface area (Å²) >= 11 is 6.06. The second-order valence-electron chi connectivity index (χ2n) is 7.32. The van der Waals surface area contributed by atoms with Crippen molar-refractivity contribution >= 4 is 27.5 Å². The maximum atomic E-state index is 12.5. The minimum Gasteiger partial charge on any atom is -0.334 e. The van der Waals surface area contributed by atoms with E-state index in [0.717, 1.165) is 17.9 Å². The molecule has 1 unspecified atom stereocenters. The summed E-state index contributed by atoms with van der Waals surface area (Å²) in [5.41, 5.74) is 1.22. The Labute approximate surface area is 154 Å². The number of carbonyl (C=O) groups excluding carboxylic acids is 1. The molecule has 1 saturated heterocycles. The number of nitrogens with zero attached hydrogens (tertiary/aromatic N) is 1. The molecule has 2 amide bonds. The lowest BCUT2D eigenvalue weighted by atomic mass is 9.89. The van der Waals surface area contributed by atoms with Gasteiger partial charge in [0.05, 0.1) is 4.75 Å². The fourth-order valence-electron chi connectivity index (χ4n) is 3.83. The van der Waals surface area contributed by atoms with E-state index in [1.165, 1.54) is 11.8 Å². The summed E-state index contributed by atoms with van der Waals surface area (Å²) in [4.78, 5) is 14.3. The van der Waals surface area contributed by atoms with Gasteiger partial charge in [0.2, 0.25) is 0 Å². The fourth-order valence-corrected chi connectivity index (χ4v) is 5.58. The van der Waals surface area contributed by atoms with Crippen LogP contribution in [0.3, 0.4) is 0 Å². The fraction of sp³-hybridized carbons (Fsp3) is 0.611. The number of carbonyl (C=O) groups is 1. The molecule has 1 heterocycles. The lowest BCUT2D eigenvalue weighted by Crippen LogP contribution is -2.52. The molecule has 1 aromatic carbocycles. The molecule has 0 spiro atoms. The Hall–Kier alpha value is -1.27. The summed E-state index contributed by atoms with van der Waals surface area (Å²) in [6.45, 7) is 3.13. The number of rotatable bonds is 4. The van der Waals surface area contributed by atoms with Crippen LogP contribution in [0, 0.1) is 0 Å². The largest absolute Gasteiger partial charge is 0.334 e. The minimum absolute atomic E-state index is 0.160. The van der Waals surface area contributed by atoms with E-state index in [-0.39, 0.29) is 12.1 Å². The van der Waals surface area contributed by atoms with Gasteiger partial charge in [-0.2, -0.15) is 0 Å². The highest BCUT2D eigenvalue weighted by molar-refractivity contribution is 7.92. The Kier molecular flexibility index (Phi) is 5.04. The van der Waals surface area contributed by atoms with Crippen molar-refractivity contribution in [3.05, 3.63) is 34.9 Å². The molecule has 5 nitrogen and oxygen atoms in total. The van der Waals surface area contributed by atoms with Crippen molar-refractivity contribution in [3.63, 3.8) is 0 Å². The molecule has 1 atom stereocenters. The van der Waals surface area contributed by atoms with Crippen LogP contribution in [0.15, 0.2) is 24.3 Å². The lowest BCUT2D eigenvalue weighted by molar-refractivity contribution is 0.177. The highest BCUT2D eigenvalue weighted by atomic mass is 35.5. The number of amides is 2. The third kappa shape index (κ3) is 3.80. The molecule has 138 valence electrons.